The van der Waals surface area contributed by atoms with E-state index in [4.69, 9.17) is 5.73 Å². The summed E-state index contributed by atoms with van der Waals surface area (Å²) in [6, 6.07) is 0. The maximum atomic E-state index is 12.2. The third-order valence-corrected chi connectivity index (χ3v) is 3.33. The Bertz CT molecular complexity index is 166. The molecule has 0 heterocycles. The van der Waals surface area contributed by atoms with Crippen LogP contribution in [0.25, 0.3) is 0 Å². The van der Waals surface area contributed by atoms with Crippen molar-refractivity contribution in [2.45, 2.75) is 56.9 Å². The average Bonchev–Trinajstić information content (AvgIpc) is 2.17. The molecule has 90 valence electrons. The minimum atomic E-state index is -2.28. The maximum Gasteiger partial charge on any atom is 0.250 e. The van der Waals surface area contributed by atoms with Gasteiger partial charge in [-0.25, -0.2) is 8.78 Å². The molecule has 0 aromatic heterocycles. The Morgan fingerprint density at radius 3 is 2.07 bits per heavy atom. The lowest BCUT2D eigenvalue weighted by molar-refractivity contribution is 0.122. The highest BCUT2D eigenvalue weighted by Gasteiger charge is 2.28. The molecule has 2 nitrogen and oxygen atoms in total. The quantitative estimate of drug-likeness (QED) is 0.763. The summed E-state index contributed by atoms with van der Waals surface area (Å²) in [5.74, 6) is 0. The van der Waals surface area contributed by atoms with Crippen LogP contribution in [0, 0.1) is 0 Å². The number of nitrogens with one attached hydrogen (secondary N) is 1. The van der Waals surface area contributed by atoms with Crippen LogP contribution in [0.4, 0.5) is 8.78 Å². The summed E-state index contributed by atoms with van der Waals surface area (Å²) >= 11 is 0. The lowest BCUT2D eigenvalue weighted by Gasteiger charge is -2.35. The summed E-state index contributed by atoms with van der Waals surface area (Å²) < 4.78 is 24.3. The molecule has 1 aliphatic carbocycles. The molecule has 0 spiro atoms. The second-order valence-electron chi connectivity index (χ2n) is 4.52. The summed E-state index contributed by atoms with van der Waals surface area (Å²) in [7, 11) is 0. The Morgan fingerprint density at radius 2 is 1.60 bits per heavy atom. The van der Waals surface area contributed by atoms with Gasteiger partial charge in [0.05, 0.1) is 6.54 Å². The molecule has 15 heavy (non-hydrogen) atoms. The SMILES string of the molecule is NCC1(NCC(F)F)CCCCCCC1. The third-order valence-electron chi connectivity index (χ3n) is 3.33. The van der Waals surface area contributed by atoms with Crippen molar-refractivity contribution in [2.75, 3.05) is 13.1 Å². The summed E-state index contributed by atoms with van der Waals surface area (Å²) in [6.45, 7) is 0.247. The first-order valence-electron chi connectivity index (χ1n) is 5.92. The van der Waals surface area contributed by atoms with E-state index >= 15 is 0 Å². The fourth-order valence-corrected chi connectivity index (χ4v) is 2.33. The first-order valence-corrected chi connectivity index (χ1v) is 5.92. The van der Waals surface area contributed by atoms with E-state index in [1.54, 1.807) is 0 Å². The lowest BCUT2D eigenvalue weighted by Crippen LogP contribution is -2.52. The van der Waals surface area contributed by atoms with Gasteiger partial charge in [-0.2, -0.15) is 0 Å². The van der Waals surface area contributed by atoms with Gasteiger partial charge in [-0.1, -0.05) is 32.1 Å². The largest absolute Gasteiger partial charge is 0.329 e. The van der Waals surface area contributed by atoms with Crippen LogP contribution < -0.4 is 11.1 Å². The van der Waals surface area contributed by atoms with Crippen molar-refractivity contribution in [3.05, 3.63) is 0 Å². The highest BCUT2D eigenvalue weighted by Crippen LogP contribution is 2.25. The molecule has 1 fully saturated rings. The standard InChI is InChI=1S/C11H22F2N2/c12-10(13)8-15-11(9-14)6-4-2-1-3-5-7-11/h10,15H,1-9,14H2. The Hall–Kier alpha value is -0.220. The molecule has 0 bridgehead atoms. The van der Waals surface area contributed by atoms with Gasteiger partial charge < -0.3 is 11.1 Å². The van der Waals surface area contributed by atoms with Crippen LogP contribution in [0.1, 0.15) is 44.9 Å². The molecule has 0 aromatic carbocycles. The molecule has 1 rings (SSSR count). The number of halogens is 2. The van der Waals surface area contributed by atoms with E-state index in [1.165, 1.54) is 19.3 Å². The van der Waals surface area contributed by atoms with Gasteiger partial charge in [-0.3, -0.25) is 0 Å². The fourth-order valence-electron chi connectivity index (χ4n) is 2.33. The molecule has 0 aromatic rings. The molecule has 0 amide bonds. The van der Waals surface area contributed by atoms with E-state index in [-0.39, 0.29) is 12.1 Å². The van der Waals surface area contributed by atoms with E-state index in [1.807, 2.05) is 0 Å². The van der Waals surface area contributed by atoms with Crippen molar-refractivity contribution in [1.29, 1.82) is 0 Å². The molecule has 0 radical (unpaired) electrons. The Labute approximate surface area is 90.6 Å². The number of nitrogens with two attached hydrogens (primary N) is 1. The number of alkyl halides is 2. The summed E-state index contributed by atoms with van der Waals surface area (Å²) in [5, 5.41) is 2.98. The molecule has 0 atom stereocenters. The third kappa shape index (κ3) is 4.43. The number of hydrogen-bond acceptors (Lipinski definition) is 2. The van der Waals surface area contributed by atoms with Gasteiger partial charge in [0.15, 0.2) is 0 Å². The lowest BCUT2D eigenvalue weighted by atomic mass is 9.84. The van der Waals surface area contributed by atoms with Gasteiger partial charge in [-0.15, -0.1) is 0 Å². The molecule has 1 saturated carbocycles. The topological polar surface area (TPSA) is 38.0 Å². The molecular formula is C11H22F2N2. The van der Waals surface area contributed by atoms with Crippen LogP contribution in [-0.2, 0) is 0 Å². The van der Waals surface area contributed by atoms with Crippen LogP contribution in [-0.4, -0.2) is 25.1 Å². The Kier molecular flexibility index (Phi) is 5.47. The van der Waals surface area contributed by atoms with Crippen LogP contribution in [0.2, 0.25) is 0 Å². The zero-order chi connectivity index (χ0) is 11.1. The van der Waals surface area contributed by atoms with Gasteiger partial charge in [0, 0.05) is 12.1 Å². The zero-order valence-corrected chi connectivity index (χ0v) is 9.27. The van der Waals surface area contributed by atoms with Crippen molar-refractivity contribution < 1.29 is 8.78 Å². The van der Waals surface area contributed by atoms with Gasteiger partial charge >= 0.3 is 0 Å². The predicted octanol–water partition coefficient (Wildman–Crippen LogP) is 2.28. The van der Waals surface area contributed by atoms with Gasteiger partial charge in [-0.05, 0) is 12.8 Å². The fraction of sp³-hybridized carbons (Fsp3) is 1.00. The van der Waals surface area contributed by atoms with E-state index in [2.05, 4.69) is 5.32 Å². The molecular weight excluding hydrogens is 198 g/mol. The van der Waals surface area contributed by atoms with Crippen molar-refractivity contribution in [1.82, 2.24) is 5.32 Å². The average molecular weight is 220 g/mol. The van der Waals surface area contributed by atoms with Crippen molar-refractivity contribution >= 4 is 0 Å². The van der Waals surface area contributed by atoms with E-state index in [9.17, 15) is 8.78 Å². The second-order valence-corrected chi connectivity index (χ2v) is 4.52. The zero-order valence-electron chi connectivity index (χ0n) is 9.27. The maximum absolute atomic E-state index is 12.2. The Balaban J connectivity index is 2.46. The number of rotatable bonds is 4. The van der Waals surface area contributed by atoms with E-state index in [0.717, 1.165) is 25.7 Å². The second kappa shape index (κ2) is 6.38. The normalized spacial score (nSPS) is 22.4. The molecule has 4 heteroatoms. The molecule has 1 aliphatic rings. The number of hydrogen-bond donors (Lipinski definition) is 2. The molecule has 3 N–H and O–H groups in total. The van der Waals surface area contributed by atoms with Gasteiger partial charge in [0.25, 0.3) is 6.43 Å². The van der Waals surface area contributed by atoms with Crippen LogP contribution >= 0.6 is 0 Å². The summed E-state index contributed by atoms with van der Waals surface area (Å²) in [5.41, 5.74) is 5.51. The summed E-state index contributed by atoms with van der Waals surface area (Å²) in [4.78, 5) is 0. The first-order chi connectivity index (χ1) is 7.18. The highest BCUT2D eigenvalue weighted by atomic mass is 19.3. The smallest absolute Gasteiger partial charge is 0.250 e. The summed E-state index contributed by atoms with van der Waals surface area (Å²) in [6.07, 6.45) is 5.50. The highest BCUT2D eigenvalue weighted by molar-refractivity contribution is 4.90. The predicted molar refractivity (Wildman–Crippen MR) is 58.1 cm³/mol. The van der Waals surface area contributed by atoms with Gasteiger partial charge in [0.1, 0.15) is 0 Å². The Morgan fingerprint density at radius 1 is 1.07 bits per heavy atom. The van der Waals surface area contributed by atoms with Crippen LogP contribution in [0.5, 0.6) is 0 Å². The van der Waals surface area contributed by atoms with Crippen molar-refractivity contribution in [3.8, 4) is 0 Å². The van der Waals surface area contributed by atoms with Crippen LogP contribution in [0.3, 0.4) is 0 Å². The van der Waals surface area contributed by atoms with Gasteiger partial charge in [0.2, 0.25) is 0 Å². The van der Waals surface area contributed by atoms with Crippen molar-refractivity contribution in [3.63, 3.8) is 0 Å². The molecule has 0 aliphatic heterocycles. The van der Waals surface area contributed by atoms with E-state index < -0.39 is 6.43 Å². The van der Waals surface area contributed by atoms with E-state index in [0.29, 0.717) is 6.54 Å². The monoisotopic (exact) mass is 220 g/mol. The minimum Gasteiger partial charge on any atom is -0.329 e. The first kappa shape index (κ1) is 12.8. The molecule has 0 saturated heterocycles. The minimum absolute atomic E-state index is 0.225. The molecule has 0 unspecified atom stereocenters. The van der Waals surface area contributed by atoms with Crippen molar-refractivity contribution in [2.24, 2.45) is 5.73 Å². The van der Waals surface area contributed by atoms with Crippen LogP contribution in [0.15, 0.2) is 0 Å².